The SMILES string of the molecule is Cc1nc(N2CCOCC2C2CC2)ccc1[N+](=O)[O-]. The molecule has 0 aromatic carbocycles. The Morgan fingerprint density at radius 3 is 2.89 bits per heavy atom. The van der Waals surface area contributed by atoms with Crippen molar-refractivity contribution >= 4 is 11.5 Å². The van der Waals surface area contributed by atoms with Gasteiger partial charge in [0.15, 0.2) is 0 Å². The summed E-state index contributed by atoms with van der Waals surface area (Å²) in [7, 11) is 0. The van der Waals surface area contributed by atoms with Crippen LogP contribution in [0.25, 0.3) is 0 Å². The predicted molar refractivity (Wildman–Crippen MR) is 70.3 cm³/mol. The Labute approximate surface area is 111 Å². The van der Waals surface area contributed by atoms with Crippen molar-refractivity contribution in [1.29, 1.82) is 0 Å². The second-order valence-corrected chi connectivity index (χ2v) is 5.20. The van der Waals surface area contributed by atoms with Crippen LogP contribution >= 0.6 is 0 Å². The van der Waals surface area contributed by atoms with Crippen LogP contribution in [0.3, 0.4) is 0 Å². The molecule has 6 heteroatoms. The Morgan fingerprint density at radius 1 is 1.47 bits per heavy atom. The van der Waals surface area contributed by atoms with Crippen molar-refractivity contribution in [3.63, 3.8) is 0 Å². The molecule has 19 heavy (non-hydrogen) atoms. The second-order valence-electron chi connectivity index (χ2n) is 5.20. The van der Waals surface area contributed by atoms with Crippen LogP contribution in [0.4, 0.5) is 11.5 Å². The van der Waals surface area contributed by atoms with Gasteiger partial charge in [-0.3, -0.25) is 10.1 Å². The molecule has 1 aliphatic heterocycles. The molecule has 0 amide bonds. The van der Waals surface area contributed by atoms with Gasteiger partial charge in [-0.2, -0.15) is 0 Å². The molecular weight excluding hydrogens is 246 g/mol. The van der Waals surface area contributed by atoms with E-state index in [1.165, 1.54) is 12.8 Å². The number of aromatic nitrogens is 1. The average molecular weight is 263 g/mol. The lowest BCUT2D eigenvalue weighted by atomic mass is 10.1. The molecule has 1 unspecified atom stereocenters. The van der Waals surface area contributed by atoms with Gasteiger partial charge in [-0.05, 0) is 31.7 Å². The number of hydrogen-bond donors (Lipinski definition) is 0. The average Bonchev–Trinajstić information content (AvgIpc) is 3.22. The van der Waals surface area contributed by atoms with E-state index in [0.717, 1.165) is 19.0 Å². The molecule has 6 nitrogen and oxygen atoms in total. The largest absolute Gasteiger partial charge is 0.377 e. The Morgan fingerprint density at radius 2 is 2.26 bits per heavy atom. The van der Waals surface area contributed by atoms with Gasteiger partial charge < -0.3 is 9.64 Å². The standard InChI is InChI=1S/C13H17N3O3/c1-9-11(16(17)18)4-5-13(14-9)15-6-7-19-8-12(15)10-2-3-10/h4-5,10,12H,2-3,6-8H2,1H3. The van der Waals surface area contributed by atoms with Gasteiger partial charge in [-0.25, -0.2) is 4.98 Å². The van der Waals surface area contributed by atoms with Crippen LogP contribution in [0.15, 0.2) is 12.1 Å². The van der Waals surface area contributed by atoms with E-state index in [1.807, 2.05) is 0 Å². The van der Waals surface area contributed by atoms with Gasteiger partial charge >= 0.3 is 0 Å². The molecule has 2 aliphatic rings. The van der Waals surface area contributed by atoms with Gasteiger partial charge in [0.1, 0.15) is 11.5 Å². The fraction of sp³-hybridized carbons (Fsp3) is 0.615. The molecule has 1 aliphatic carbocycles. The zero-order chi connectivity index (χ0) is 13.4. The third-order valence-electron chi connectivity index (χ3n) is 3.87. The van der Waals surface area contributed by atoms with Gasteiger partial charge in [-0.15, -0.1) is 0 Å². The number of hydrogen-bond acceptors (Lipinski definition) is 5. The predicted octanol–water partition coefficient (Wildman–Crippen LogP) is 1.91. The molecule has 1 atom stereocenters. The molecule has 2 heterocycles. The highest BCUT2D eigenvalue weighted by Gasteiger charge is 2.38. The van der Waals surface area contributed by atoms with Crippen LogP contribution in [0.1, 0.15) is 18.5 Å². The topological polar surface area (TPSA) is 68.5 Å². The lowest BCUT2D eigenvalue weighted by molar-refractivity contribution is -0.385. The van der Waals surface area contributed by atoms with Crippen LogP contribution in [0.5, 0.6) is 0 Å². The van der Waals surface area contributed by atoms with E-state index in [1.54, 1.807) is 19.1 Å². The number of ether oxygens (including phenoxy) is 1. The lowest BCUT2D eigenvalue weighted by Gasteiger charge is -2.36. The number of aryl methyl sites for hydroxylation is 1. The second kappa shape index (κ2) is 4.77. The molecule has 1 aromatic heterocycles. The first-order valence-electron chi connectivity index (χ1n) is 6.63. The van der Waals surface area contributed by atoms with Gasteiger partial charge in [0.05, 0.1) is 24.2 Å². The smallest absolute Gasteiger partial charge is 0.290 e. The number of anilines is 1. The first-order valence-corrected chi connectivity index (χ1v) is 6.63. The molecule has 0 bridgehead atoms. The Hall–Kier alpha value is -1.69. The number of nitrogens with zero attached hydrogens (tertiary/aromatic N) is 3. The zero-order valence-corrected chi connectivity index (χ0v) is 10.9. The van der Waals surface area contributed by atoms with Crippen LogP contribution in [-0.2, 0) is 4.74 Å². The van der Waals surface area contributed by atoms with E-state index in [2.05, 4.69) is 9.88 Å². The minimum absolute atomic E-state index is 0.0833. The van der Waals surface area contributed by atoms with E-state index in [0.29, 0.717) is 24.3 Å². The number of nitro groups is 1. The fourth-order valence-corrected chi connectivity index (χ4v) is 2.67. The highest BCUT2D eigenvalue weighted by atomic mass is 16.6. The van der Waals surface area contributed by atoms with Crippen molar-refractivity contribution in [2.75, 3.05) is 24.7 Å². The van der Waals surface area contributed by atoms with Crippen molar-refractivity contribution in [1.82, 2.24) is 4.98 Å². The van der Waals surface area contributed by atoms with E-state index in [9.17, 15) is 10.1 Å². The Bertz CT molecular complexity index is 502. The summed E-state index contributed by atoms with van der Waals surface area (Å²) in [6, 6.07) is 3.69. The van der Waals surface area contributed by atoms with E-state index >= 15 is 0 Å². The number of pyridine rings is 1. The van der Waals surface area contributed by atoms with Crippen molar-refractivity contribution in [3.05, 3.63) is 27.9 Å². The molecule has 2 fully saturated rings. The highest BCUT2D eigenvalue weighted by molar-refractivity contribution is 5.48. The maximum Gasteiger partial charge on any atom is 0.290 e. The highest BCUT2D eigenvalue weighted by Crippen LogP contribution is 2.38. The van der Waals surface area contributed by atoms with Crippen molar-refractivity contribution in [2.45, 2.75) is 25.8 Å². The first kappa shape index (κ1) is 12.3. The summed E-state index contributed by atoms with van der Waals surface area (Å²) in [5, 5.41) is 10.8. The Kier molecular flexibility index (Phi) is 3.10. The van der Waals surface area contributed by atoms with Crippen molar-refractivity contribution in [3.8, 4) is 0 Å². The maximum absolute atomic E-state index is 10.8. The molecule has 0 radical (unpaired) electrons. The molecule has 1 saturated carbocycles. The van der Waals surface area contributed by atoms with Crippen LogP contribution in [-0.4, -0.2) is 35.7 Å². The number of rotatable bonds is 3. The summed E-state index contributed by atoms with van der Waals surface area (Å²) in [4.78, 5) is 17.1. The summed E-state index contributed by atoms with van der Waals surface area (Å²) in [5.41, 5.74) is 0.559. The summed E-state index contributed by atoms with van der Waals surface area (Å²) in [5.74, 6) is 1.53. The molecule has 102 valence electrons. The van der Waals surface area contributed by atoms with Gasteiger partial charge in [0.25, 0.3) is 5.69 Å². The van der Waals surface area contributed by atoms with Crippen LogP contribution in [0.2, 0.25) is 0 Å². The molecule has 3 rings (SSSR count). The van der Waals surface area contributed by atoms with E-state index < -0.39 is 0 Å². The molecule has 0 spiro atoms. The van der Waals surface area contributed by atoms with Crippen LogP contribution < -0.4 is 4.90 Å². The van der Waals surface area contributed by atoms with Gasteiger partial charge in [-0.1, -0.05) is 0 Å². The van der Waals surface area contributed by atoms with Crippen LogP contribution in [0, 0.1) is 23.0 Å². The normalized spacial score (nSPS) is 23.4. The monoisotopic (exact) mass is 263 g/mol. The Balaban J connectivity index is 1.87. The zero-order valence-electron chi connectivity index (χ0n) is 10.9. The molecule has 1 aromatic rings. The molecular formula is C13H17N3O3. The number of morpholine rings is 1. The summed E-state index contributed by atoms with van der Waals surface area (Å²) in [6.45, 7) is 3.93. The minimum Gasteiger partial charge on any atom is -0.377 e. The summed E-state index contributed by atoms with van der Waals surface area (Å²) >= 11 is 0. The summed E-state index contributed by atoms with van der Waals surface area (Å²) in [6.07, 6.45) is 2.49. The third kappa shape index (κ3) is 2.40. The fourth-order valence-electron chi connectivity index (χ4n) is 2.67. The van der Waals surface area contributed by atoms with E-state index in [4.69, 9.17) is 4.74 Å². The van der Waals surface area contributed by atoms with Gasteiger partial charge in [0.2, 0.25) is 0 Å². The van der Waals surface area contributed by atoms with Crippen molar-refractivity contribution in [2.24, 2.45) is 5.92 Å². The quantitative estimate of drug-likeness (QED) is 0.615. The van der Waals surface area contributed by atoms with Gasteiger partial charge in [0, 0.05) is 12.6 Å². The maximum atomic E-state index is 10.8. The molecule has 1 saturated heterocycles. The molecule has 0 N–H and O–H groups in total. The first-order chi connectivity index (χ1) is 9.16. The van der Waals surface area contributed by atoms with E-state index in [-0.39, 0.29) is 10.6 Å². The van der Waals surface area contributed by atoms with Crippen molar-refractivity contribution < 1.29 is 9.66 Å². The third-order valence-corrected chi connectivity index (χ3v) is 3.87. The lowest BCUT2D eigenvalue weighted by Crippen LogP contribution is -2.47. The summed E-state index contributed by atoms with van der Waals surface area (Å²) < 4.78 is 5.55. The minimum atomic E-state index is -0.385.